The molecule has 8 heteroatoms. The van der Waals surface area contributed by atoms with Gasteiger partial charge in [0, 0.05) is 41.5 Å². The molecule has 7 nitrogen and oxygen atoms in total. The smallest absolute Gasteiger partial charge is 0.181 e. The summed E-state index contributed by atoms with van der Waals surface area (Å²) in [5.74, 6) is 1.08. The number of aromatic amines is 2. The number of nitrogens with one attached hydrogen (secondary N) is 2. The first-order chi connectivity index (χ1) is 19.1. The molecule has 1 fully saturated rings. The maximum absolute atomic E-state index is 14.2. The van der Waals surface area contributed by atoms with E-state index in [4.69, 9.17) is 4.98 Å². The molecule has 0 bridgehead atoms. The highest BCUT2D eigenvalue weighted by molar-refractivity contribution is 5.96. The number of benzene rings is 1. The zero-order chi connectivity index (χ0) is 26.3. The van der Waals surface area contributed by atoms with Crippen LogP contribution in [0.25, 0.3) is 56.0 Å². The van der Waals surface area contributed by atoms with Gasteiger partial charge in [-0.15, -0.1) is 0 Å². The summed E-state index contributed by atoms with van der Waals surface area (Å²) in [6, 6.07) is 11.1. The second-order valence-corrected chi connectivity index (χ2v) is 10.6. The van der Waals surface area contributed by atoms with E-state index in [0.717, 1.165) is 45.6 Å². The molecule has 0 atom stereocenters. The molecule has 194 valence electrons. The lowest BCUT2D eigenvalue weighted by atomic mass is 9.85. The minimum Gasteiger partial charge on any atom is -0.337 e. The van der Waals surface area contributed by atoms with Crippen LogP contribution in [0.15, 0.2) is 61.2 Å². The van der Waals surface area contributed by atoms with Gasteiger partial charge in [-0.3, -0.25) is 15.1 Å². The molecule has 0 aliphatic heterocycles. The summed E-state index contributed by atoms with van der Waals surface area (Å²) in [5.41, 5.74) is 8.28. The number of hydrogen-bond acceptors (Lipinski definition) is 5. The topological polar surface area (TPSA) is 96.0 Å². The second kappa shape index (κ2) is 9.69. The predicted molar refractivity (Wildman–Crippen MR) is 150 cm³/mol. The molecular weight excluding hydrogens is 489 g/mol. The number of imidazole rings is 1. The second-order valence-electron chi connectivity index (χ2n) is 10.6. The Labute approximate surface area is 225 Å². The Kier molecular flexibility index (Phi) is 5.87. The number of aromatic nitrogens is 7. The maximum Gasteiger partial charge on any atom is 0.181 e. The highest BCUT2D eigenvalue weighted by Gasteiger charge is 2.18. The maximum atomic E-state index is 14.2. The Hall–Kier alpha value is -4.46. The van der Waals surface area contributed by atoms with Crippen molar-refractivity contribution in [1.29, 1.82) is 0 Å². The highest BCUT2D eigenvalue weighted by atomic mass is 19.1. The first-order valence-corrected chi connectivity index (χ1v) is 13.5. The Morgan fingerprint density at radius 1 is 0.923 bits per heavy atom. The van der Waals surface area contributed by atoms with Crippen LogP contribution < -0.4 is 0 Å². The molecule has 1 aromatic carbocycles. The van der Waals surface area contributed by atoms with Crippen molar-refractivity contribution in [2.24, 2.45) is 5.92 Å². The van der Waals surface area contributed by atoms with E-state index in [1.165, 1.54) is 49.8 Å². The first-order valence-electron chi connectivity index (χ1n) is 13.5. The number of rotatable bonds is 5. The summed E-state index contributed by atoms with van der Waals surface area (Å²) >= 11 is 0. The van der Waals surface area contributed by atoms with Crippen LogP contribution in [0.2, 0.25) is 0 Å². The fraction of sp³-hybridized carbons (Fsp3) is 0.258. The molecule has 0 unspecified atom stereocenters. The molecule has 7 rings (SSSR count). The van der Waals surface area contributed by atoms with Crippen LogP contribution in [0.3, 0.4) is 0 Å². The van der Waals surface area contributed by atoms with Crippen molar-refractivity contribution >= 4 is 22.1 Å². The van der Waals surface area contributed by atoms with Crippen LogP contribution in [0.1, 0.15) is 43.2 Å². The zero-order valence-electron chi connectivity index (χ0n) is 21.7. The molecule has 39 heavy (non-hydrogen) atoms. The van der Waals surface area contributed by atoms with Crippen LogP contribution in [-0.4, -0.2) is 35.1 Å². The van der Waals surface area contributed by atoms with E-state index in [0.29, 0.717) is 28.2 Å². The zero-order valence-corrected chi connectivity index (χ0v) is 21.7. The Balaban J connectivity index is 1.26. The molecule has 1 saturated carbocycles. The molecule has 0 spiro atoms. The predicted octanol–water partition coefficient (Wildman–Crippen LogP) is 7.20. The van der Waals surface area contributed by atoms with Gasteiger partial charge in [-0.2, -0.15) is 5.10 Å². The number of hydrogen-bond donors (Lipinski definition) is 2. The third-order valence-electron chi connectivity index (χ3n) is 7.74. The van der Waals surface area contributed by atoms with Crippen molar-refractivity contribution in [3.8, 4) is 33.9 Å². The molecule has 0 radical (unpaired) electrons. The van der Waals surface area contributed by atoms with Gasteiger partial charge in [0.2, 0.25) is 0 Å². The van der Waals surface area contributed by atoms with Gasteiger partial charge in [0.05, 0.1) is 16.6 Å². The van der Waals surface area contributed by atoms with Gasteiger partial charge in [-0.25, -0.2) is 14.4 Å². The standard InChI is InChI=1S/C31H28FN7/c1-18-9-21(13-24(32)10-18)27-29-26(7-8-34-27)36-31(37-29)28-25-14-23(17-35-30(25)39-38-28)22-12-20(15-33-16-22)11-19-5-3-2-4-6-19/h7-10,12-17,19H,2-6,11H2,1H3,(H,36,37)(H,35,38,39). The Bertz CT molecular complexity index is 1790. The molecule has 5 heterocycles. The van der Waals surface area contributed by atoms with Crippen LogP contribution in [-0.2, 0) is 6.42 Å². The summed E-state index contributed by atoms with van der Waals surface area (Å²) in [6.07, 6.45) is 15.2. The van der Waals surface area contributed by atoms with Crippen LogP contribution in [0.4, 0.5) is 4.39 Å². The van der Waals surface area contributed by atoms with Gasteiger partial charge in [0.15, 0.2) is 11.5 Å². The molecule has 1 aliphatic carbocycles. The van der Waals surface area contributed by atoms with Crippen LogP contribution >= 0.6 is 0 Å². The summed E-state index contributed by atoms with van der Waals surface area (Å²) in [5, 5.41) is 8.39. The summed E-state index contributed by atoms with van der Waals surface area (Å²) in [7, 11) is 0. The average Bonchev–Trinajstić information content (AvgIpc) is 3.57. The molecule has 6 aromatic rings. The minimum atomic E-state index is -0.296. The van der Waals surface area contributed by atoms with E-state index >= 15 is 0 Å². The van der Waals surface area contributed by atoms with E-state index < -0.39 is 0 Å². The van der Waals surface area contributed by atoms with Crippen molar-refractivity contribution in [2.75, 3.05) is 0 Å². The van der Waals surface area contributed by atoms with Gasteiger partial charge in [0.1, 0.15) is 17.0 Å². The van der Waals surface area contributed by atoms with Crippen molar-refractivity contribution in [3.05, 3.63) is 78.1 Å². The third-order valence-corrected chi connectivity index (χ3v) is 7.74. The fourth-order valence-corrected chi connectivity index (χ4v) is 5.86. The lowest BCUT2D eigenvalue weighted by molar-refractivity contribution is 0.356. The summed E-state index contributed by atoms with van der Waals surface area (Å²) in [6.45, 7) is 1.87. The van der Waals surface area contributed by atoms with Gasteiger partial charge >= 0.3 is 0 Å². The summed E-state index contributed by atoms with van der Waals surface area (Å²) in [4.78, 5) is 22.0. The van der Waals surface area contributed by atoms with Gasteiger partial charge in [0.25, 0.3) is 0 Å². The molecule has 1 aliphatic rings. The molecule has 2 N–H and O–H groups in total. The third kappa shape index (κ3) is 4.56. The number of H-pyrrole nitrogens is 2. The lowest BCUT2D eigenvalue weighted by Crippen LogP contribution is -2.09. The van der Waals surface area contributed by atoms with Crippen LogP contribution in [0, 0.1) is 18.7 Å². The number of halogens is 1. The largest absolute Gasteiger partial charge is 0.337 e. The number of fused-ring (bicyclic) bond motifs is 2. The molecule has 5 aromatic heterocycles. The van der Waals surface area contributed by atoms with Gasteiger partial charge in [-0.1, -0.05) is 32.1 Å². The van der Waals surface area contributed by atoms with E-state index in [-0.39, 0.29) is 5.82 Å². The Morgan fingerprint density at radius 3 is 2.67 bits per heavy atom. The molecule has 0 saturated heterocycles. The Morgan fingerprint density at radius 2 is 1.79 bits per heavy atom. The van der Waals surface area contributed by atoms with Crippen molar-refractivity contribution in [2.45, 2.75) is 45.4 Å². The van der Waals surface area contributed by atoms with E-state index in [1.807, 2.05) is 37.6 Å². The fourth-order valence-electron chi connectivity index (χ4n) is 5.86. The van der Waals surface area contributed by atoms with E-state index in [2.05, 4.69) is 42.3 Å². The van der Waals surface area contributed by atoms with E-state index in [1.54, 1.807) is 6.20 Å². The molecular formula is C31H28FN7. The number of nitrogens with zero attached hydrogens (tertiary/aromatic N) is 5. The van der Waals surface area contributed by atoms with Crippen LogP contribution in [0.5, 0.6) is 0 Å². The van der Waals surface area contributed by atoms with Crippen molar-refractivity contribution in [1.82, 2.24) is 35.1 Å². The number of aryl methyl sites for hydroxylation is 1. The average molecular weight is 518 g/mol. The monoisotopic (exact) mass is 517 g/mol. The normalized spacial score (nSPS) is 14.4. The van der Waals surface area contributed by atoms with Gasteiger partial charge < -0.3 is 4.98 Å². The molecule has 0 amide bonds. The number of pyridine rings is 3. The van der Waals surface area contributed by atoms with Gasteiger partial charge in [-0.05, 0) is 66.8 Å². The quantitative estimate of drug-likeness (QED) is 0.252. The SMILES string of the molecule is Cc1cc(F)cc(-c2nccc3[nH]c(-c4[nH]nc5ncc(-c6cncc(CC7CCCCC7)c6)cc45)nc23)c1. The highest BCUT2D eigenvalue weighted by Crippen LogP contribution is 2.33. The van der Waals surface area contributed by atoms with E-state index in [9.17, 15) is 4.39 Å². The minimum absolute atomic E-state index is 0.296. The summed E-state index contributed by atoms with van der Waals surface area (Å²) < 4.78 is 14.2. The first kappa shape index (κ1) is 23.6. The lowest BCUT2D eigenvalue weighted by Gasteiger charge is -2.21. The van der Waals surface area contributed by atoms with Crippen molar-refractivity contribution in [3.63, 3.8) is 0 Å². The van der Waals surface area contributed by atoms with Crippen molar-refractivity contribution < 1.29 is 4.39 Å².